The monoisotopic (exact) mass is 587 g/mol. The number of fused-ring (bicyclic) bond motifs is 1. The highest BCUT2D eigenvalue weighted by Crippen LogP contribution is 2.33. The average Bonchev–Trinajstić information content (AvgIpc) is 3.35. The second-order valence-electron chi connectivity index (χ2n) is 8.76. The van der Waals surface area contributed by atoms with Crippen LogP contribution < -0.4 is 10.5 Å². The van der Waals surface area contributed by atoms with Crippen molar-refractivity contribution in [3.05, 3.63) is 73.3 Å². The molecule has 0 unspecified atom stereocenters. The van der Waals surface area contributed by atoms with E-state index >= 15 is 0 Å². The van der Waals surface area contributed by atoms with Crippen LogP contribution in [-0.4, -0.2) is 70.7 Å². The molecule has 1 aliphatic heterocycles. The first-order chi connectivity index (χ1) is 17.7. The van der Waals surface area contributed by atoms with E-state index in [0.717, 1.165) is 10.6 Å². The highest BCUT2D eigenvalue weighted by Gasteiger charge is 2.21. The maximum absolute atomic E-state index is 13.8. The van der Waals surface area contributed by atoms with Gasteiger partial charge < -0.3 is 19.6 Å². The zero-order chi connectivity index (χ0) is 26.3. The molecule has 0 bridgehead atoms. The molecule has 1 fully saturated rings. The summed E-state index contributed by atoms with van der Waals surface area (Å²) < 4.78 is 21.2. The predicted octanol–water partition coefficient (Wildman–Crippen LogP) is 3.55. The Balaban J connectivity index is 1.50. The molecule has 0 radical (unpaired) electrons. The summed E-state index contributed by atoms with van der Waals surface area (Å²) in [4.78, 5) is 38.9. The third-order valence-corrected chi connectivity index (χ3v) is 7.63. The van der Waals surface area contributed by atoms with Gasteiger partial charge in [0.05, 0.1) is 23.4 Å². The van der Waals surface area contributed by atoms with E-state index in [1.165, 1.54) is 32.8 Å². The number of carbonyl (C=O) groups is 1. The summed E-state index contributed by atoms with van der Waals surface area (Å²) in [5, 5.41) is 11.1. The summed E-state index contributed by atoms with van der Waals surface area (Å²) in [5.74, 6) is -1.30. The number of aromatic nitrogens is 3. The van der Waals surface area contributed by atoms with Crippen LogP contribution in [0.1, 0.15) is 20.8 Å². The third kappa shape index (κ3) is 4.96. The van der Waals surface area contributed by atoms with E-state index in [-0.39, 0.29) is 17.2 Å². The zero-order valence-corrected chi connectivity index (χ0v) is 22.5. The lowest BCUT2D eigenvalue weighted by atomic mass is 10.0. The fraction of sp³-hybridized carbons (Fsp3) is 0.280. The molecule has 37 heavy (non-hydrogen) atoms. The number of carbonyl (C=O) groups excluding carboxylic acids is 1. The summed E-state index contributed by atoms with van der Waals surface area (Å²) in [7, 11) is 3.22. The van der Waals surface area contributed by atoms with Crippen LogP contribution in [0, 0.1) is 5.82 Å². The second kappa shape index (κ2) is 10.2. The number of thiazole rings is 1. The van der Waals surface area contributed by atoms with Crippen LogP contribution in [0.15, 0.2) is 45.9 Å². The van der Waals surface area contributed by atoms with Crippen molar-refractivity contribution in [3.63, 3.8) is 0 Å². The minimum Gasteiger partial charge on any atom is -0.501 e. The van der Waals surface area contributed by atoms with Gasteiger partial charge in [0.15, 0.2) is 5.65 Å². The zero-order valence-electron chi connectivity index (χ0n) is 20.1. The van der Waals surface area contributed by atoms with E-state index in [0.29, 0.717) is 53.4 Å². The Morgan fingerprint density at radius 1 is 1.27 bits per heavy atom. The van der Waals surface area contributed by atoms with Gasteiger partial charge in [0.2, 0.25) is 5.75 Å². The lowest BCUT2D eigenvalue weighted by molar-refractivity contribution is 0.0826. The van der Waals surface area contributed by atoms with Crippen molar-refractivity contribution in [3.8, 4) is 16.5 Å². The van der Waals surface area contributed by atoms with Gasteiger partial charge in [0.1, 0.15) is 16.5 Å². The lowest BCUT2D eigenvalue weighted by Gasteiger charge is -2.29. The molecule has 1 aliphatic rings. The minimum atomic E-state index is -0.607. The number of hydrogen-bond donors (Lipinski definition) is 1. The van der Waals surface area contributed by atoms with Crippen molar-refractivity contribution < 1.29 is 19.0 Å². The number of hydrogen-bond acceptors (Lipinski definition) is 8. The fourth-order valence-corrected chi connectivity index (χ4v) is 5.59. The minimum absolute atomic E-state index is 0.0739. The van der Waals surface area contributed by atoms with Gasteiger partial charge in [0, 0.05) is 56.4 Å². The Morgan fingerprint density at radius 3 is 2.76 bits per heavy atom. The van der Waals surface area contributed by atoms with Crippen LogP contribution in [0.25, 0.3) is 16.3 Å². The molecule has 5 rings (SSSR count). The topological polar surface area (TPSA) is 100 Å². The maximum Gasteiger partial charge on any atom is 0.300 e. The molecule has 1 aromatic carbocycles. The number of morpholine rings is 1. The fourth-order valence-electron chi connectivity index (χ4n) is 4.15. The van der Waals surface area contributed by atoms with E-state index in [2.05, 4.69) is 30.8 Å². The van der Waals surface area contributed by atoms with Crippen molar-refractivity contribution in [1.29, 1.82) is 0 Å². The lowest BCUT2D eigenvalue weighted by Crippen LogP contribution is -2.36. The van der Waals surface area contributed by atoms with Crippen molar-refractivity contribution in [1.82, 2.24) is 19.3 Å². The Hall–Kier alpha value is -3.35. The number of amides is 1. The van der Waals surface area contributed by atoms with Crippen LogP contribution in [-0.2, 0) is 11.2 Å². The molecule has 9 nitrogen and oxygen atoms in total. The van der Waals surface area contributed by atoms with Gasteiger partial charge in [-0.15, -0.1) is 11.3 Å². The number of rotatable bonds is 5. The molecule has 4 aromatic rings. The molecule has 1 amide bonds. The molecule has 0 aliphatic carbocycles. The van der Waals surface area contributed by atoms with Gasteiger partial charge in [-0.2, -0.15) is 0 Å². The van der Waals surface area contributed by atoms with Crippen molar-refractivity contribution >= 4 is 44.5 Å². The summed E-state index contributed by atoms with van der Waals surface area (Å²) in [6, 6.07) is 6.00. The quantitative estimate of drug-likeness (QED) is 0.381. The number of anilines is 1. The van der Waals surface area contributed by atoms with Gasteiger partial charge in [-0.1, -0.05) is 6.07 Å². The van der Waals surface area contributed by atoms with E-state index in [1.807, 2.05) is 6.07 Å². The van der Waals surface area contributed by atoms with Gasteiger partial charge in [0.25, 0.3) is 5.91 Å². The van der Waals surface area contributed by atoms with E-state index in [1.54, 1.807) is 32.6 Å². The number of pyridine rings is 1. The number of nitrogens with zero attached hydrogens (tertiary/aromatic N) is 5. The molecule has 192 valence electrons. The second-order valence-corrected chi connectivity index (χ2v) is 10.7. The molecule has 0 saturated carbocycles. The number of halogens is 2. The third-order valence-electron chi connectivity index (χ3n) is 6.05. The molecular weight excluding hydrogens is 565 g/mol. The maximum atomic E-state index is 13.8. The smallest absolute Gasteiger partial charge is 0.300 e. The van der Waals surface area contributed by atoms with Crippen molar-refractivity contribution in [2.24, 2.45) is 0 Å². The van der Waals surface area contributed by atoms with Gasteiger partial charge in [-0.3, -0.25) is 14.0 Å². The molecule has 1 saturated heterocycles. The van der Waals surface area contributed by atoms with Crippen LogP contribution in [0.4, 0.5) is 10.1 Å². The Bertz CT molecular complexity index is 1560. The number of ether oxygens (including phenoxy) is 1. The Morgan fingerprint density at radius 2 is 2.03 bits per heavy atom. The van der Waals surface area contributed by atoms with Crippen LogP contribution in [0.2, 0.25) is 0 Å². The van der Waals surface area contributed by atoms with Crippen LogP contribution in [0.3, 0.4) is 0 Å². The molecule has 12 heteroatoms. The Kier molecular flexibility index (Phi) is 6.97. The van der Waals surface area contributed by atoms with Crippen LogP contribution in [0.5, 0.6) is 5.75 Å². The first-order valence-electron chi connectivity index (χ1n) is 11.5. The van der Waals surface area contributed by atoms with Crippen LogP contribution >= 0.6 is 27.3 Å². The molecule has 3 aromatic heterocycles. The van der Waals surface area contributed by atoms with E-state index in [4.69, 9.17) is 4.74 Å². The average molecular weight is 588 g/mol. The summed E-state index contributed by atoms with van der Waals surface area (Å²) in [6.45, 7) is 2.59. The summed E-state index contributed by atoms with van der Waals surface area (Å²) in [6.07, 6.45) is 3.59. The number of benzene rings is 1. The van der Waals surface area contributed by atoms with Gasteiger partial charge in [-0.25, -0.2) is 14.4 Å². The number of aromatic hydroxyl groups is 1. The highest BCUT2D eigenvalue weighted by molar-refractivity contribution is 9.10. The molecular formula is C25H23BrFN5O4S. The summed E-state index contributed by atoms with van der Waals surface area (Å²) in [5.41, 5.74) is 1.55. The molecule has 1 N–H and O–H groups in total. The van der Waals surface area contributed by atoms with Crippen molar-refractivity contribution in [2.75, 3.05) is 45.3 Å². The standard InChI is InChI=1S/C25H23BrFN5O4S/c1-30(2)24(34)18-10-15(27)4-3-14(18)9-17-12-28-23(37-17)20-21(33)25(35)32-13-16(11-19(26)22(32)29-20)31-5-7-36-8-6-31/h3-4,10-13,33H,5-9H2,1-2H3. The SMILES string of the molecule is CN(C)C(=O)c1cc(F)ccc1Cc1cnc(-c2nc3c(Br)cc(N4CCOCC4)cn3c(=O)c2O)s1. The largest absolute Gasteiger partial charge is 0.501 e. The van der Waals surface area contributed by atoms with E-state index < -0.39 is 17.1 Å². The first kappa shape index (κ1) is 25.3. The molecule has 4 heterocycles. The first-order valence-corrected chi connectivity index (χ1v) is 13.1. The van der Waals surface area contributed by atoms with E-state index in [9.17, 15) is 19.1 Å². The molecule has 0 spiro atoms. The van der Waals surface area contributed by atoms with Gasteiger partial charge in [-0.05, 0) is 39.7 Å². The Labute approximate surface area is 223 Å². The highest BCUT2D eigenvalue weighted by atomic mass is 79.9. The summed E-state index contributed by atoms with van der Waals surface area (Å²) >= 11 is 4.76. The van der Waals surface area contributed by atoms with Gasteiger partial charge >= 0.3 is 5.56 Å². The van der Waals surface area contributed by atoms with Crippen molar-refractivity contribution in [2.45, 2.75) is 6.42 Å². The molecule has 0 atom stereocenters. The predicted molar refractivity (Wildman–Crippen MR) is 142 cm³/mol. The normalized spacial score (nSPS) is 13.8.